The summed E-state index contributed by atoms with van der Waals surface area (Å²) in [6.45, 7) is 1.88. The van der Waals surface area contributed by atoms with Crippen molar-refractivity contribution in [3.05, 3.63) is 54.0 Å². The summed E-state index contributed by atoms with van der Waals surface area (Å²) in [5.74, 6) is 0.639. The van der Waals surface area contributed by atoms with Crippen LogP contribution >= 0.6 is 0 Å². The molecule has 3 aromatic heterocycles. The van der Waals surface area contributed by atoms with Crippen molar-refractivity contribution in [2.75, 3.05) is 12.8 Å². The zero-order chi connectivity index (χ0) is 16.7. The zero-order valence-corrected chi connectivity index (χ0v) is 12.7. The molecule has 0 radical (unpaired) electrons. The van der Waals surface area contributed by atoms with Crippen LogP contribution in [-0.2, 0) is 0 Å². The summed E-state index contributed by atoms with van der Waals surface area (Å²) in [6.07, 6.45) is 5.07. The highest BCUT2D eigenvalue weighted by molar-refractivity contribution is 5.66. The Labute approximate surface area is 133 Å². The van der Waals surface area contributed by atoms with Gasteiger partial charge in [0.2, 0.25) is 11.8 Å². The van der Waals surface area contributed by atoms with E-state index in [9.17, 15) is 0 Å². The Bertz CT molecular complexity index is 782. The maximum atomic E-state index is 9.10. The summed E-state index contributed by atoms with van der Waals surface area (Å²) in [6, 6.07) is 9.47. The quantitative estimate of drug-likeness (QED) is 0.774. The highest BCUT2D eigenvalue weighted by atomic mass is 16.5. The van der Waals surface area contributed by atoms with Gasteiger partial charge < -0.3 is 14.9 Å². The minimum atomic E-state index is 0.0323. The van der Waals surface area contributed by atoms with Gasteiger partial charge in [-0.1, -0.05) is 6.07 Å². The normalized spacial score (nSPS) is 9.43. The van der Waals surface area contributed by atoms with Gasteiger partial charge in [0.05, 0.1) is 13.4 Å². The fraction of sp³-hybridized carbons (Fsp3) is 0.125. The molecule has 0 bridgehead atoms. The van der Waals surface area contributed by atoms with Gasteiger partial charge in [0.1, 0.15) is 17.3 Å². The fourth-order valence-electron chi connectivity index (χ4n) is 1.75. The molecule has 3 heterocycles. The van der Waals surface area contributed by atoms with Crippen molar-refractivity contribution in [3.8, 4) is 23.4 Å². The van der Waals surface area contributed by atoms with Gasteiger partial charge in [-0.15, -0.1) is 0 Å². The number of ether oxygens (including phenoxy) is 1. The Balaban J connectivity index is 0.000000268. The first-order valence-corrected chi connectivity index (χ1v) is 6.67. The summed E-state index contributed by atoms with van der Waals surface area (Å²) in [7, 11) is 1.42. The molecular weight excluding hydrogens is 294 g/mol. The third kappa shape index (κ3) is 4.04. The first kappa shape index (κ1) is 16.0. The average molecular weight is 309 g/mol. The van der Waals surface area contributed by atoms with Gasteiger partial charge in [0.15, 0.2) is 5.76 Å². The van der Waals surface area contributed by atoms with Crippen molar-refractivity contribution in [2.24, 2.45) is 0 Å². The van der Waals surface area contributed by atoms with Crippen molar-refractivity contribution in [1.82, 2.24) is 15.0 Å². The van der Waals surface area contributed by atoms with Gasteiger partial charge in [-0.2, -0.15) is 10.2 Å². The maximum Gasteiger partial charge on any atom is 0.237 e. The summed E-state index contributed by atoms with van der Waals surface area (Å²) in [5, 5.41) is 9.10. The molecule has 0 amide bonds. The Morgan fingerprint density at radius 1 is 1.22 bits per heavy atom. The molecule has 3 aromatic rings. The number of hydrogen-bond donors (Lipinski definition) is 1. The monoisotopic (exact) mass is 309 g/mol. The molecule has 0 saturated carbocycles. The van der Waals surface area contributed by atoms with Crippen LogP contribution < -0.4 is 10.5 Å². The number of nitrogen functional groups attached to an aromatic ring is 1. The van der Waals surface area contributed by atoms with E-state index >= 15 is 0 Å². The molecule has 0 aliphatic rings. The summed E-state index contributed by atoms with van der Waals surface area (Å²) < 4.78 is 10.3. The molecule has 116 valence electrons. The smallest absolute Gasteiger partial charge is 0.237 e. The van der Waals surface area contributed by atoms with Gasteiger partial charge in [-0.05, 0) is 30.7 Å². The predicted molar refractivity (Wildman–Crippen MR) is 84.4 cm³/mol. The van der Waals surface area contributed by atoms with Crippen LogP contribution in [-0.4, -0.2) is 22.1 Å². The van der Waals surface area contributed by atoms with Crippen LogP contribution in [0.3, 0.4) is 0 Å². The second kappa shape index (κ2) is 7.56. The van der Waals surface area contributed by atoms with E-state index < -0.39 is 0 Å². The molecule has 0 fully saturated rings. The maximum absolute atomic E-state index is 9.10. The van der Waals surface area contributed by atoms with Crippen LogP contribution in [0.2, 0.25) is 0 Å². The number of pyridine rings is 1. The third-order valence-electron chi connectivity index (χ3n) is 2.73. The molecular formula is C16H15N5O2. The van der Waals surface area contributed by atoms with Crippen molar-refractivity contribution >= 4 is 5.95 Å². The van der Waals surface area contributed by atoms with Crippen molar-refractivity contribution in [3.63, 3.8) is 0 Å². The topological polar surface area (TPSA) is 111 Å². The molecule has 0 spiro atoms. The molecule has 0 unspecified atom stereocenters. The molecule has 23 heavy (non-hydrogen) atoms. The Kier molecular flexibility index (Phi) is 5.25. The SMILES string of the molecule is COc1nc(N)nc(-c2cc(C)co2)c1C#N.c1ccncc1. The highest BCUT2D eigenvalue weighted by Crippen LogP contribution is 2.28. The number of nitrogens with zero attached hydrogens (tertiary/aromatic N) is 4. The Morgan fingerprint density at radius 3 is 2.39 bits per heavy atom. The predicted octanol–water partition coefficient (Wildman–Crippen LogP) is 2.59. The van der Waals surface area contributed by atoms with Gasteiger partial charge in [0.25, 0.3) is 0 Å². The minimum Gasteiger partial charge on any atom is -0.480 e. The minimum absolute atomic E-state index is 0.0323. The van der Waals surface area contributed by atoms with Crippen LogP contribution in [0, 0.1) is 18.3 Å². The number of aryl methyl sites for hydroxylation is 1. The van der Waals surface area contributed by atoms with Crippen LogP contribution in [0.5, 0.6) is 5.88 Å². The van der Waals surface area contributed by atoms with Crippen molar-refractivity contribution < 1.29 is 9.15 Å². The number of nitriles is 1. The summed E-state index contributed by atoms with van der Waals surface area (Å²) in [5.41, 5.74) is 7.02. The second-order valence-corrected chi connectivity index (χ2v) is 4.44. The molecule has 2 N–H and O–H groups in total. The number of methoxy groups -OCH3 is 1. The van der Waals surface area contributed by atoms with E-state index in [0.29, 0.717) is 11.5 Å². The van der Waals surface area contributed by atoms with E-state index in [1.807, 2.05) is 31.2 Å². The molecule has 0 aromatic carbocycles. The van der Waals surface area contributed by atoms with Crippen molar-refractivity contribution in [2.45, 2.75) is 6.92 Å². The first-order chi connectivity index (χ1) is 11.2. The Hall–Kier alpha value is -3.40. The van der Waals surface area contributed by atoms with E-state index in [0.717, 1.165) is 5.56 Å². The average Bonchev–Trinajstić information content (AvgIpc) is 3.02. The number of nitrogens with two attached hydrogens (primary N) is 1. The Morgan fingerprint density at radius 2 is 1.96 bits per heavy atom. The summed E-state index contributed by atoms with van der Waals surface area (Å²) >= 11 is 0. The van der Waals surface area contributed by atoms with E-state index in [4.69, 9.17) is 20.1 Å². The van der Waals surface area contributed by atoms with Gasteiger partial charge in [0, 0.05) is 12.4 Å². The largest absolute Gasteiger partial charge is 0.480 e. The number of rotatable bonds is 2. The lowest BCUT2D eigenvalue weighted by atomic mass is 10.2. The van der Waals surface area contributed by atoms with Gasteiger partial charge in [-0.25, -0.2) is 4.98 Å². The van der Waals surface area contributed by atoms with E-state index in [-0.39, 0.29) is 17.4 Å². The zero-order valence-electron chi connectivity index (χ0n) is 12.7. The standard InChI is InChI=1S/C11H10N4O2.C5H5N/c1-6-3-8(17-5-6)9-7(4-12)10(16-2)15-11(13)14-9;1-2-4-6-5-3-1/h3,5H,1-2H3,(H2,13,14,15);1-5H. The molecule has 0 aliphatic heterocycles. The molecule has 0 aliphatic carbocycles. The van der Waals surface area contributed by atoms with E-state index in [1.165, 1.54) is 7.11 Å². The lowest BCUT2D eigenvalue weighted by molar-refractivity contribution is 0.396. The number of furan rings is 1. The number of aromatic nitrogens is 3. The summed E-state index contributed by atoms with van der Waals surface area (Å²) in [4.78, 5) is 11.6. The first-order valence-electron chi connectivity index (χ1n) is 6.67. The van der Waals surface area contributed by atoms with Crippen LogP contribution in [0.4, 0.5) is 5.95 Å². The molecule has 0 atom stereocenters. The van der Waals surface area contributed by atoms with Crippen LogP contribution in [0.15, 0.2) is 47.3 Å². The van der Waals surface area contributed by atoms with E-state index in [1.54, 1.807) is 24.7 Å². The lowest BCUT2D eigenvalue weighted by Gasteiger charge is -2.05. The van der Waals surface area contributed by atoms with Gasteiger partial charge >= 0.3 is 0 Å². The second-order valence-electron chi connectivity index (χ2n) is 4.44. The fourth-order valence-corrected chi connectivity index (χ4v) is 1.75. The van der Waals surface area contributed by atoms with Gasteiger partial charge in [-0.3, -0.25) is 4.98 Å². The van der Waals surface area contributed by atoms with Crippen LogP contribution in [0.25, 0.3) is 11.5 Å². The van der Waals surface area contributed by atoms with Crippen molar-refractivity contribution in [1.29, 1.82) is 5.26 Å². The number of anilines is 1. The highest BCUT2D eigenvalue weighted by Gasteiger charge is 2.17. The molecule has 3 rings (SSSR count). The van der Waals surface area contributed by atoms with Crippen LogP contribution in [0.1, 0.15) is 11.1 Å². The third-order valence-corrected chi connectivity index (χ3v) is 2.73. The molecule has 0 saturated heterocycles. The molecule has 7 heteroatoms. The molecule has 7 nitrogen and oxygen atoms in total. The lowest BCUT2D eigenvalue weighted by Crippen LogP contribution is -2.02. The van der Waals surface area contributed by atoms with E-state index in [2.05, 4.69) is 15.0 Å². The number of hydrogen-bond acceptors (Lipinski definition) is 7.